The minimum atomic E-state index is -1.31. The molecule has 2 aliphatic rings. The number of rotatable bonds is 6. The van der Waals surface area contributed by atoms with E-state index in [0.29, 0.717) is 12.8 Å². The van der Waals surface area contributed by atoms with E-state index in [9.17, 15) is 19.6 Å². The van der Waals surface area contributed by atoms with Crippen molar-refractivity contribution in [2.45, 2.75) is 43.9 Å². The van der Waals surface area contributed by atoms with Gasteiger partial charge in [-0.05, 0) is 25.7 Å². The van der Waals surface area contributed by atoms with Crippen molar-refractivity contribution < 1.29 is 43.6 Å². The van der Waals surface area contributed by atoms with Gasteiger partial charge < -0.3 is 19.0 Å². The van der Waals surface area contributed by atoms with Crippen LogP contribution < -0.4 is 0 Å². The van der Waals surface area contributed by atoms with Gasteiger partial charge in [-0.3, -0.25) is 0 Å². The molecule has 1 saturated carbocycles. The lowest BCUT2D eigenvalue weighted by atomic mass is 9.90. The molecule has 1 fully saturated rings. The number of hydrogen-bond donors (Lipinski definition) is 1. The molecule has 0 aromatic rings. The van der Waals surface area contributed by atoms with E-state index in [1.807, 2.05) is 0 Å². The first-order valence-corrected chi connectivity index (χ1v) is 8.41. The van der Waals surface area contributed by atoms with Crippen molar-refractivity contribution in [3.05, 3.63) is 23.5 Å². The smallest absolute Gasteiger partial charge is 0.376 e. The maximum absolute atomic E-state index is 12.3. The van der Waals surface area contributed by atoms with Crippen molar-refractivity contribution >= 4 is 17.9 Å². The van der Waals surface area contributed by atoms with Crippen LogP contribution in [0.1, 0.15) is 32.1 Å². The van der Waals surface area contributed by atoms with E-state index in [0.717, 1.165) is 39.6 Å². The second-order valence-electron chi connectivity index (χ2n) is 6.07. The molecule has 1 unspecified atom stereocenters. The van der Waals surface area contributed by atoms with Crippen LogP contribution in [0.15, 0.2) is 23.5 Å². The van der Waals surface area contributed by atoms with E-state index in [-0.39, 0.29) is 5.57 Å². The van der Waals surface area contributed by atoms with E-state index in [4.69, 9.17) is 14.5 Å². The van der Waals surface area contributed by atoms with Crippen molar-refractivity contribution in [1.29, 1.82) is 0 Å². The van der Waals surface area contributed by atoms with E-state index >= 15 is 0 Å². The number of carbonyl (C=O) groups is 3. The molecular weight excluding hydrogens is 362 g/mol. The summed E-state index contributed by atoms with van der Waals surface area (Å²) in [5, 5.41) is 10.8. The Kier molecular flexibility index (Phi) is 6.94. The van der Waals surface area contributed by atoms with Gasteiger partial charge in [0.2, 0.25) is 5.76 Å². The van der Waals surface area contributed by atoms with Gasteiger partial charge in [-0.15, -0.1) is 0 Å². The Morgan fingerprint density at radius 3 is 2.22 bits per heavy atom. The second kappa shape index (κ2) is 8.98. The first-order valence-electron chi connectivity index (χ1n) is 8.41. The van der Waals surface area contributed by atoms with Gasteiger partial charge >= 0.3 is 17.9 Å². The van der Waals surface area contributed by atoms with Gasteiger partial charge in [0.1, 0.15) is 11.6 Å². The number of nitrogens with zero attached hydrogens (tertiary/aromatic N) is 1. The Balaban J connectivity index is 2.53. The fraction of sp³-hybridized carbons (Fsp3) is 0.588. The van der Waals surface area contributed by atoms with Gasteiger partial charge in [0.15, 0.2) is 5.72 Å². The predicted octanol–water partition coefficient (Wildman–Crippen LogP) is 1.08. The third kappa shape index (κ3) is 4.12. The first kappa shape index (κ1) is 20.9. The number of ether oxygens (including phenoxy) is 3. The van der Waals surface area contributed by atoms with Crippen LogP contribution in [0.2, 0.25) is 0 Å². The van der Waals surface area contributed by atoms with Crippen LogP contribution in [0.4, 0.5) is 0 Å². The number of esters is 3. The Morgan fingerprint density at radius 1 is 1.07 bits per heavy atom. The van der Waals surface area contributed by atoms with Crippen LogP contribution in [0, 0.1) is 0 Å². The molecule has 1 heterocycles. The van der Waals surface area contributed by atoms with Crippen molar-refractivity contribution in [3.8, 4) is 0 Å². The van der Waals surface area contributed by atoms with E-state index in [1.165, 1.54) is 18.2 Å². The minimum Gasteiger partial charge on any atom is -0.466 e. The van der Waals surface area contributed by atoms with Crippen LogP contribution in [0.3, 0.4) is 0 Å². The quantitative estimate of drug-likeness (QED) is 0.234. The zero-order valence-corrected chi connectivity index (χ0v) is 15.4. The number of hydrogen-bond acceptors (Lipinski definition) is 10. The maximum atomic E-state index is 12.3. The van der Waals surface area contributed by atoms with Crippen LogP contribution >= 0.6 is 0 Å². The van der Waals surface area contributed by atoms with Gasteiger partial charge in [-0.1, -0.05) is 17.6 Å². The largest absolute Gasteiger partial charge is 0.466 e. The van der Waals surface area contributed by atoms with Crippen molar-refractivity contribution in [2.24, 2.45) is 0 Å². The SMILES string of the molecule is COC(=O)/C=C/C1C(C(=O)OC)=C(C(=O)OC)ON1C1(OO)CCCCC1. The molecule has 0 amide bonds. The third-order valence-corrected chi connectivity index (χ3v) is 4.58. The second-order valence-corrected chi connectivity index (χ2v) is 6.07. The summed E-state index contributed by atoms with van der Waals surface area (Å²) < 4.78 is 14.0. The molecule has 150 valence electrons. The average molecular weight is 385 g/mol. The molecule has 0 spiro atoms. The molecule has 10 nitrogen and oxygen atoms in total. The highest BCUT2D eigenvalue weighted by Crippen LogP contribution is 2.42. The lowest BCUT2D eigenvalue weighted by molar-refractivity contribution is -0.419. The summed E-state index contributed by atoms with van der Waals surface area (Å²) in [6.45, 7) is 0. The van der Waals surface area contributed by atoms with E-state index < -0.39 is 35.4 Å². The lowest BCUT2D eigenvalue weighted by Crippen LogP contribution is -2.54. The predicted molar refractivity (Wildman–Crippen MR) is 88.5 cm³/mol. The molecule has 1 N–H and O–H groups in total. The van der Waals surface area contributed by atoms with Gasteiger partial charge in [-0.25, -0.2) is 24.5 Å². The number of carbonyl (C=O) groups excluding carboxylic acids is 3. The normalized spacial score (nSPS) is 22.4. The van der Waals surface area contributed by atoms with Crippen LogP contribution in [0.5, 0.6) is 0 Å². The molecule has 1 aliphatic heterocycles. The number of methoxy groups -OCH3 is 3. The van der Waals surface area contributed by atoms with Crippen molar-refractivity contribution in [2.75, 3.05) is 21.3 Å². The topological polar surface area (TPSA) is 121 Å². The zero-order valence-electron chi connectivity index (χ0n) is 15.4. The van der Waals surface area contributed by atoms with Gasteiger partial charge in [-0.2, -0.15) is 0 Å². The zero-order chi connectivity index (χ0) is 20.0. The standard InChI is InChI=1S/C17H23NO9/c1-23-12(19)8-7-11-13(15(20)24-2)14(16(21)25-3)26-18(11)17(27-22)9-5-4-6-10-17/h7-8,11,22H,4-6,9-10H2,1-3H3/b8-7+. The van der Waals surface area contributed by atoms with E-state index in [2.05, 4.69) is 9.47 Å². The summed E-state index contributed by atoms with van der Waals surface area (Å²) in [6.07, 6.45) is 5.55. The van der Waals surface area contributed by atoms with E-state index in [1.54, 1.807) is 0 Å². The summed E-state index contributed by atoms with van der Waals surface area (Å²) in [7, 11) is 3.48. The van der Waals surface area contributed by atoms with Gasteiger partial charge in [0.25, 0.3) is 0 Å². The van der Waals surface area contributed by atoms with Gasteiger partial charge in [0, 0.05) is 6.08 Å². The molecule has 0 bridgehead atoms. The first-order chi connectivity index (χ1) is 12.9. The molecule has 10 heteroatoms. The Labute approximate surface area is 156 Å². The Morgan fingerprint density at radius 2 is 1.70 bits per heavy atom. The molecule has 1 atom stereocenters. The summed E-state index contributed by atoms with van der Waals surface area (Å²) in [4.78, 5) is 46.4. The van der Waals surface area contributed by atoms with Gasteiger partial charge in [0.05, 0.1) is 21.3 Å². The highest BCUT2D eigenvalue weighted by Gasteiger charge is 2.53. The van der Waals surface area contributed by atoms with Crippen LogP contribution in [-0.4, -0.2) is 61.3 Å². The summed E-state index contributed by atoms with van der Waals surface area (Å²) in [6, 6.07) is -1.05. The highest BCUT2D eigenvalue weighted by atomic mass is 17.1. The minimum absolute atomic E-state index is 0.175. The highest BCUT2D eigenvalue weighted by molar-refractivity contribution is 6.01. The summed E-state index contributed by atoms with van der Waals surface area (Å²) in [5.74, 6) is -2.82. The molecule has 27 heavy (non-hydrogen) atoms. The Hall–Kier alpha value is -2.43. The van der Waals surface area contributed by atoms with Crippen LogP contribution in [0.25, 0.3) is 0 Å². The molecule has 0 aromatic heterocycles. The molecule has 1 aliphatic carbocycles. The van der Waals surface area contributed by atoms with Crippen molar-refractivity contribution in [3.63, 3.8) is 0 Å². The summed E-state index contributed by atoms with van der Waals surface area (Å²) in [5.41, 5.74) is -1.48. The lowest BCUT2D eigenvalue weighted by Gasteiger charge is -2.41. The maximum Gasteiger partial charge on any atom is 0.376 e. The molecular formula is C17H23NO9. The van der Waals surface area contributed by atoms with Crippen molar-refractivity contribution in [1.82, 2.24) is 5.06 Å². The summed E-state index contributed by atoms with van der Waals surface area (Å²) >= 11 is 0. The Bertz CT molecular complexity index is 649. The van der Waals surface area contributed by atoms with Crippen LogP contribution in [-0.2, 0) is 38.3 Å². The molecule has 0 radical (unpaired) electrons. The molecule has 2 rings (SSSR count). The average Bonchev–Trinajstić information content (AvgIpc) is 3.11. The molecule has 0 saturated heterocycles. The molecule has 0 aromatic carbocycles. The monoisotopic (exact) mass is 385 g/mol. The third-order valence-electron chi connectivity index (χ3n) is 4.58. The fourth-order valence-electron chi connectivity index (χ4n) is 3.22. The fourth-order valence-corrected chi connectivity index (χ4v) is 3.22. The number of hydroxylamine groups is 2.